The maximum atomic E-state index is 13.0. The lowest BCUT2D eigenvalue weighted by atomic mass is 10.1. The highest BCUT2D eigenvalue weighted by Crippen LogP contribution is 2.35. The fraction of sp³-hybridized carbons (Fsp3) is 0.500. The predicted molar refractivity (Wildman–Crippen MR) is 72.3 cm³/mol. The Morgan fingerprint density at radius 3 is 2.71 bits per heavy atom. The Hall–Kier alpha value is -1.76. The first-order valence-electron chi connectivity index (χ1n) is 6.62. The number of anilines is 1. The number of amides is 1. The molecule has 0 spiro atoms. The van der Waals surface area contributed by atoms with Gasteiger partial charge in [-0.25, -0.2) is 0 Å². The van der Waals surface area contributed by atoms with Crippen LogP contribution in [-0.2, 0) is 10.9 Å². The third-order valence-electron chi connectivity index (χ3n) is 3.47. The largest absolute Gasteiger partial charge is 0.418 e. The molecule has 0 aliphatic carbocycles. The molecule has 1 aliphatic rings. The number of benzene rings is 1. The van der Waals surface area contributed by atoms with Gasteiger partial charge >= 0.3 is 6.18 Å². The zero-order valence-electron chi connectivity index (χ0n) is 11.8. The van der Waals surface area contributed by atoms with Crippen molar-refractivity contribution in [1.82, 2.24) is 4.90 Å². The molecule has 1 unspecified atom stereocenters. The van der Waals surface area contributed by atoms with Crippen LogP contribution >= 0.6 is 0 Å². The van der Waals surface area contributed by atoms with Crippen molar-refractivity contribution in [1.29, 1.82) is 0 Å². The van der Waals surface area contributed by atoms with Gasteiger partial charge in [0.05, 0.1) is 24.8 Å². The van der Waals surface area contributed by atoms with Gasteiger partial charge in [-0.05, 0) is 25.1 Å². The summed E-state index contributed by atoms with van der Waals surface area (Å²) in [6, 6.07) is 3.44. The topological polar surface area (TPSA) is 41.6 Å². The van der Waals surface area contributed by atoms with E-state index in [0.29, 0.717) is 19.8 Å². The van der Waals surface area contributed by atoms with Gasteiger partial charge < -0.3 is 15.0 Å². The third kappa shape index (κ3) is 3.29. The number of rotatable bonds is 2. The number of morpholine rings is 1. The average Bonchev–Trinajstić information content (AvgIpc) is 2.45. The van der Waals surface area contributed by atoms with E-state index in [1.54, 1.807) is 0 Å². The molecule has 4 nitrogen and oxygen atoms in total. The lowest BCUT2D eigenvalue weighted by molar-refractivity contribution is -0.137. The maximum absolute atomic E-state index is 13.0. The second kappa shape index (κ2) is 5.93. The van der Waals surface area contributed by atoms with Crippen molar-refractivity contribution in [3.05, 3.63) is 29.3 Å². The fourth-order valence-electron chi connectivity index (χ4n) is 2.32. The van der Waals surface area contributed by atoms with Crippen molar-refractivity contribution < 1.29 is 22.7 Å². The van der Waals surface area contributed by atoms with Crippen LogP contribution in [0, 0.1) is 0 Å². The smallest absolute Gasteiger partial charge is 0.388 e. The van der Waals surface area contributed by atoms with Crippen LogP contribution in [0.15, 0.2) is 18.2 Å². The number of ether oxygens (including phenoxy) is 1. The molecule has 1 aromatic rings. The number of carbonyl (C=O) groups is 1. The molecular weight excluding hydrogens is 285 g/mol. The average molecular weight is 302 g/mol. The molecule has 1 amide bonds. The van der Waals surface area contributed by atoms with Crippen molar-refractivity contribution in [2.45, 2.75) is 19.1 Å². The minimum absolute atomic E-state index is 0.0371. The molecule has 1 atom stereocenters. The Bertz CT molecular complexity index is 531. The second-order valence-corrected chi connectivity index (χ2v) is 4.93. The summed E-state index contributed by atoms with van der Waals surface area (Å²) < 4.78 is 44.3. The van der Waals surface area contributed by atoms with Crippen LogP contribution < -0.4 is 5.32 Å². The van der Waals surface area contributed by atoms with Crippen LogP contribution in [0.3, 0.4) is 0 Å². The highest BCUT2D eigenvalue weighted by Gasteiger charge is 2.35. The van der Waals surface area contributed by atoms with Gasteiger partial charge in [0.1, 0.15) is 0 Å². The van der Waals surface area contributed by atoms with Crippen LogP contribution in [-0.4, -0.2) is 43.7 Å². The molecule has 1 heterocycles. The van der Waals surface area contributed by atoms with E-state index in [9.17, 15) is 18.0 Å². The molecule has 0 saturated carbocycles. The molecule has 2 rings (SSSR count). The Morgan fingerprint density at radius 2 is 2.14 bits per heavy atom. The first-order valence-corrected chi connectivity index (χ1v) is 6.62. The van der Waals surface area contributed by atoms with Gasteiger partial charge in [0.2, 0.25) is 0 Å². The maximum Gasteiger partial charge on any atom is 0.418 e. The van der Waals surface area contributed by atoms with Gasteiger partial charge in [-0.15, -0.1) is 0 Å². The van der Waals surface area contributed by atoms with E-state index in [0.717, 1.165) is 6.07 Å². The SMILES string of the molecule is CNc1ccc(C(=O)N2CCOCC2C)cc1C(F)(F)F. The second-order valence-electron chi connectivity index (χ2n) is 4.93. The molecule has 7 heteroatoms. The standard InChI is InChI=1S/C14H17F3N2O2/c1-9-8-21-6-5-19(9)13(20)10-3-4-12(18-2)11(7-10)14(15,16)17/h3-4,7,9,18H,5-6,8H2,1-2H3. The molecular formula is C14H17F3N2O2. The van der Waals surface area contributed by atoms with Crippen molar-refractivity contribution in [2.24, 2.45) is 0 Å². The number of nitrogens with zero attached hydrogens (tertiary/aromatic N) is 1. The zero-order valence-corrected chi connectivity index (χ0v) is 11.8. The zero-order chi connectivity index (χ0) is 15.6. The Labute approximate surface area is 120 Å². The Kier molecular flexibility index (Phi) is 4.41. The highest BCUT2D eigenvalue weighted by atomic mass is 19.4. The first-order chi connectivity index (χ1) is 9.84. The van der Waals surface area contributed by atoms with Gasteiger partial charge in [0.25, 0.3) is 5.91 Å². The van der Waals surface area contributed by atoms with Crippen molar-refractivity contribution in [2.75, 3.05) is 32.1 Å². The number of carbonyl (C=O) groups excluding carboxylic acids is 1. The summed E-state index contributed by atoms with van der Waals surface area (Å²) in [5, 5.41) is 2.49. The number of alkyl halides is 3. The lowest BCUT2D eigenvalue weighted by Crippen LogP contribution is -2.47. The lowest BCUT2D eigenvalue weighted by Gasteiger charge is -2.33. The number of hydrogen-bond donors (Lipinski definition) is 1. The van der Waals surface area contributed by atoms with E-state index in [-0.39, 0.29) is 17.3 Å². The number of nitrogens with one attached hydrogen (secondary N) is 1. The highest BCUT2D eigenvalue weighted by molar-refractivity contribution is 5.95. The molecule has 1 aliphatic heterocycles. The van der Waals surface area contributed by atoms with E-state index in [2.05, 4.69) is 5.32 Å². The molecule has 1 fully saturated rings. The van der Waals surface area contributed by atoms with E-state index in [1.807, 2.05) is 6.92 Å². The van der Waals surface area contributed by atoms with Crippen LogP contribution in [0.25, 0.3) is 0 Å². The molecule has 1 N–H and O–H groups in total. The Morgan fingerprint density at radius 1 is 1.43 bits per heavy atom. The van der Waals surface area contributed by atoms with Crippen LogP contribution in [0.4, 0.5) is 18.9 Å². The summed E-state index contributed by atoms with van der Waals surface area (Å²) in [5.74, 6) is -0.404. The summed E-state index contributed by atoms with van der Waals surface area (Å²) in [6.45, 7) is 2.99. The summed E-state index contributed by atoms with van der Waals surface area (Å²) >= 11 is 0. The van der Waals surface area contributed by atoms with Gasteiger partial charge in [-0.3, -0.25) is 4.79 Å². The fourth-order valence-corrected chi connectivity index (χ4v) is 2.32. The first kappa shape index (κ1) is 15.6. The predicted octanol–water partition coefficient (Wildman–Crippen LogP) is 2.61. The molecule has 0 aromatic heterocycles. The van der Waals surface area contributed by atoms with Crippen LogP contribution in [0.5, 0.6) is 0 Å². The van der Waals surface area contributed by atoms with Crippen molar-refractivity contribution in [3.8, 4) is 0 Å². The summed E-state index contributed by atoms with van der Waals surface area (Å²) in [5.41, 5.74) is -0.846. The van der Waals surface area contributed by atoms with E-state index < -0.39 is 17.6 Å². The van der Waals surface area contributed by atoms with Gasteiger partial charge in [-0.2, -0.15) is 13.2 Å². The molecule has 116 valence electrons. The summed E-state index contributed by atoms with van der Waals surface area (Å²) in [6.07, 6.45) is -4.51. The van der Waals surface area contributed by atoms with Gasteiger partial charge in [-0.1, -0.05) is 0 Å². The third-order valence-corrected chi connectivity index (χ3v) is 3.47. The van der Waals surface area contributed by atoms with E-state index >= 15 is 0 Å². The summed E-state index contributed by atoms with van der Waals surface area (Å²) in [4.78, 5) is 13.9. The molecule has 21 heavy (non-hydrogen) atoms. The van der Waals surface area contributed by atoms with Crippen LogP contribution in [0.2, 0.25) is 0 Å². The van der Waals surface area contributed by atoms with Crippen molar-refractivity contribution in [3.63, 3.8) is 0 Å². The van der Waals surface area contributed by atoms with Crippen molar-refractivity contribution >= 4 is 11.6 Å². The molecule has 1 saturated heterocycles. The van der Waals surface area contributed by atoms with Gasteiger partial charge in [0.15, 0.2) is 0 Å². The molecule has 0 radical (unpaired) electrons. The minimum Gasteiger partial charge on any atom is -0.388 e. The minimum atomic E-state index is -4.51. The van der Waals surface area contributed by atoms with E-state index in [1.165, 1.54) is 24.1 Å². The van der Waals surface area contributed by atoms with E-state index in [4.69, 9.17) is 4.74 Å². The monoisotopic (exact) mass is 302 g/mol. The normalized spacial score (nSPS) is 19.5. The molecule has 1 aromatic carbocycles. The van der Waals surface area contributed by atoms with Crippen LogP contribution in [0.1, 0.15) is 22.8 Å². The number of halogens is 3. The quantitative estimate of drug-likeness (QED) is 0.913. The van der Waals surface area contributed by atoms with Gasteiger partial charge in [0, 0.05) is 24.8 Å². The summed E-state index contributed by atoms with van der Waals surface area (Å²) in [7, 11) is 1.41. The Balaban J connectivity index is 2.34. The number of hydrogen-bond acceptors (Lipinski definition) is 3. The molecule has 0 bridgehead atoms.